The maximum absolute atomic E-state index is 13.0. The van der Waals surface area contributed by atoms with Crippen molar-refractivity contribution in [3.05, 3.63) is 55.8 Å². The van der Waals surface area contributed by atoms with Gasteiger partial charge in [-0.25, -0.2) is 0 Å². The molecule has 1 fully saturated rings. The van der Waals surface area contributed by atoms with E-state index in [1.807, 2.05) is 15.9 Å². The molecule has 1 aliphatic heterocycles. The molecule has 7 heteroatoms. The molecule has 1 amide bonds. The molecule has 0 N–H and O–H groups in total. The predicted octanol–water partition coefficient (Wildman–Crippen LogP) is 4.28. The number of thiophene rings is 1. The molecular weight excluding hydrogens is 374 g/mol. The van der Waals surface area contributed by atoms with Crippen LogP contribution in [0.15, 0.2) is 30.3 Å². The molecule has 0 bridgehead atoms. The van der Waals surface area contributed by atoms with Gasteiger partial charge in [0, 0.05) is 37.1 Å². The third-order valence-electron chi connectivity index (χ3n) is 5.69. The Hall–Kier alpha value is -2.41. The fraction of sp³-hybridized carbons (Fsp3) is 0.476. The van der Waals surface area contributed by atoms with Crippen LogP contribution in [0, 0.1) is 10.1 Å². The van der Waals surface area contributed by atoms with Gasteiger partial charge in [0.15, 0.2) is 0 Å². The molecule has 2 heterocycles. The van der Waals surface area contributed by atoms with E-state index in [1.54, 1.807) is 23.5 Å². The van der Waals surface area contributed by atoms with Crippen LogP contribution in [-0.2, 0) is 12.8 Å². The maximum Gasteiger partial charge on any atom is 0.292 e. The van der Waals surface area contributed by atoms with Gasteiger partial charge in [0.05, 0.1) is 9.80 Å². The molecule has 1 aromatic carbocycles. The van der Waals surface area contributed by atoms with Crippen LogP contribution < -0.4 is 4.90 Å². The van der Waals surface area contributed by atoms with E-state index in [9.17, 15) is 14.9 Å². The summed E-state index contributed by atoms with van der Waals surface area (Å²) in [6.45, 7) is 2.41. The molecule has 6 nitrogen and oxygen atoms in total. The highest BCUT2D eigenvalue weighted by Crippen LogP contribution is 2.31. The molecular formula is C21H25N3O3S. The molecule has 1 saturated heterocycles. The molecule has 148 valence electrons. The average molecular weight is 400 g/mol. The lowest BCUT2D eigenvalue weighted by atomic mass is 10.00. The number of hydrogen-bond donors (Lipinski definition) is 0. The Labute approximate surface area is 168 Å². The summed E-state index contributed by atoms with van der Waals surface area (Å²) < 4.78 is 0. The summed E-state index contributed by atoms with van der Waals surface area (Å²) in [5.41, 5.74) is 2.13. The number of amides is 1. The lowest BCUT2D eigenvalue weighted by Crippen LogP contribution is -2.48. The first-order valence-electron chi connectivity index (χ1n) is 10.0. The molecule has 4 rings (SSSR count). The van der Waals surface area contributed by atoms with E-state index in [0.29, 0.717) is 31.9 Å². The lowest BCUT2D eigenvalue weighted by molar-refractivity contribution is -0.384. The highest BCUT2D eigenvalue weighted by molar-refractivity contribution is 7.14. The minimum Gasteiger partial charge on any atom is -0.362 e. The van der Waals surface area contributed by atoms with Crippen LogP contribution in [0.1, 0.15) is 45.8 Å². The molecule has 0 spiro atoms. The summed E-state index contributed by atoms with van der Waals surface area (Å²) in [5, 5.41) is 11.3. The van der Waals surface area contributed by atoms with E-state index in [1.165, 1.54) is 42.2 Å². The predicted molar refractivity (Wildman–Crippen MR) is 111 cm³/mol. The van der Waals surface area contributed by atoms with Gasteiger partial charge >= 0.3 is 0 Å². The Morgan fingerprint density at radius 1 is 1.00 bits per heavy atom. The van der Waals surface area contributed by atoms with Gasteiger partial charge in [-0.1, -0.05) is 25.0 Å². The van der Waals surface area contributed by atoms with E-state index >= 15 is 0 Å². The van der Waals surface area contributed by atoms with Crippen molar-refractivity contribution >= 4 is 28.6 Å². The number of nitro benzene ring substituents is 1. The number of benzene rings is 1. The fourth-order valence-corrected chi connectivity index (χ4v) is 5.36. The van der Waals surface area contributed by atoms with Gasteiger partial charge < -0.3 is 9.80 Å². The number of nitro groups is 1. The molecule has 0 unspecified atom stereocenters. The Morgan fingerprint density at radius 2 is 1.71 bits per heavy atom. The number of rotatable bonds is 3. The van der Waals surface area contributed by atoms with Crippen molar-refractivity contribution in [1.82, 2.24) is 4.90 Å². The third kappa shape index (κ3) is 3.90. The number of fused-ring (bicyclic) bond motifs is 1. The quantitative estimate of drug-likeness (QED) is 0.571. The molecule has 2 aliphatic rings. The molecule has 0 atom stereocenters. The maximum atomic E-state index is 13.0. The average Bonchev–Trinajstić information content (AvgIpc) is 3.09. The van der Waals surface area contributed by atoms with Crippen molar-refractivity contribution in [1.29, 1.82) is 0 Å². The van der Waals surface area contributed by atoms with E-state index in [2.05, 4.69) is 6.07 Å². The van der Waals surface area contributed by atoms with E-state index in [4.69, 9.17) is 0 Å². The largest absolute Gasteiger partial charge is 0.362 e. The van der Waals surface area contributed by atoms with Crippen LogP contribution >= 0.6 is 11.3 Å². The summed E-state index contributed by atoms with van der Waals surface area (Å²) in [7, 11) is 0. The minimum atomic E-state index is -0.339. The zero-order valence-electron chi connectivity index (χ0n) is 15.9. The first-order valence-corrected chi connectivity index (χ1v) is 10.8. The van der Waals surface area contributed by atoms with Gasteiger partial charge in [0.25, 0.3) is 11.6 Å². The Bertz CT molecular complexity index is 846. The van der Waals surface area contributed by atoms with Crippen LogP contribution in [0.3, 0.4) is 0 Å². The molecule has 28 heavy (non-hydrogen) atoms. The molecule has 1 aliphatic carbocycles. The van der Waals surface area contributed by atoms with Gasteiger partial charge in [0.2, 0.25) is 0 Å². The summed E-state index contributed by atoms with van der Waals surface area (Å²) in [6, 6.07) is 8.94. The first kappa shape index (κ1) is 18.9. The number of para-hydroxylation sites is 2. The second kappa shape index (κ2) is 8.31. The molecule has 0 radical (unpaired) electrons. The summed E-state index contributed by atoms with van der Waals surface area (Å²) in [6.07, 6.45) is 7.19. The van der Waals surface area contributed by atoms with Crippen LogP contribution in [0.4, 0.5) is 11.4 Å². The molecule has 1 aromatic heterocycles. The zero-order chi connectivity index (χ0) is 19.5. The van der Waals surface area contributed by atoms with Crippen LogP contribution in [0.25, 0.3) is 0 Å². The van der Waals surface area contributed by atoms with Gasteiger partial charge in [-0.2, -0.15) is 0 Å². The molecule has 0 saturated carbocycles. The Kier molecular flexibility index (Phi) is 5.62. The van der Waals surface area contributed by atoms with Gasteiger partial charge in [0.1, 0.15) is 5.69 Å². The number of aryl methyl sites for hydroxylation is 2. The van der Waals surface area contributed by atoms with Crippen LogP contribution in [0.5, 0.6) is 0 Å². The monoisotopic (exact) mass is 399 g/mol. The number of piperazine rings is 1. The van der Waals surface area contributed by atoms with Gasteiger partial charge in [-0.05, 0) is 43.4 Å². The highest BCUT2D eigenvalue weighted by atomic mass is 32.1. The van der Waals surface area contributed by atoms with Crippen molar-refractivity contribution in [2.45, 2.75) is 38.5 Å². The fourth-order valence-electron chi connectivity index (χ4n) is 4.14. The summed E-state index contributed by atoms with van der Waals surface area (Å²) in [4.78, 5) is 30.1. The first-order chi connectivity index (χ1) is 13.6. The van der Waals surface area contributed by atoms with Crippen molar-refractivity contribution in [3.8, 4) is 0 Å². The van der Waals surface area contributed by atoms with Gasteiger partial charge in [-0.15, -0.1) is 11.3 Å². The second-order valence-electron chi connectivity index (χ2n) is 7.50. The summed E-state index contributed by atoms with van der Waals surface area (Å²) >= 11 is 1.67. The Morgan fingerprint density at radius 3 is 2.46 bits per heavy atom. The number of carbonyl (C=O) groups is 1. The highest BCUT2D eigenvalue weighted by Gasteiger charge is 2.27. The molecule has 2 aromatic rings. The van der Waals surface area contributed by atoms with Gasteiger partial charge in [-0.3, -0.25) is 14.9 Å². The van der Waals surface area contributed by atoms with Crippen LogP contribution in [0.2, 0.25) is 0 Å². The number of carbonyl (C=O) groups excluding carboxylic acids is 1. The normalized spacial score (nSPS) is 17.6. The number of nitrogens with zero attached hydrogens (tertiary/aromatic N) is 3. The third-order valence-corrected chi connectivity index (χ3v) is 6.92. The standard InChI is InChI=1S/C21H25N3O3S/c25-21(20-15-16-7-3-1-2-4-10-19(16)28-20)23-13-11-22(12-14-23)17-8-5-6-9-18(17)24(26)27/h5-6,8-9,15H,1-4,7,10-14H2. The topological polar surface area (TPSA) is 66.7 Å². The van der Waals surface area contributed by atoms with Crippen molar-refractivity contribution in [2.24, 2.45) is 0 Å². The summed E-state index contributed by atoms with van der Waals surface area (Å²) in [5.74, 6) is 0.110. The van der Waals surface area contributed by atoms with E-state index in [-0.39, 0.29) is 16.5 Å². The van der Waals surface area contributed by atoms with E-state index < -0.39 is 0 Å². The second-order valence-corrected chi connectivity index (χ2v) is 8.64. The minimum absolute atomic E-state index is 0.110. The SMILES string of the molecule is O=C(c1cc2c(s1)CCCCCC2)N1CCN(c2ccccc2[N+](=O)[O-])CC1. The number of hydrogen-bond acceptors (Lipinski definition) is 5. The number of anilines is 1. The Balaban J connectivity index is 1.43. The van der Waals surface area contributed by atoms with E-state index in [0.717, 1.165) is 17.7 Å². The van der Waals surface area contributed by atoms with Crippen molar-refractivity contribution in [2.75, 3.05) is 31.1 Å². The van der Waals surface area contributed by atoms with Crippen molar-refractivity contribution < 1.29 is 9.72 Å². The lowest BCUT2D eigenvalue weighted by Gasteiger charge is -2.35. The smallest absolute Gasteiger partial charge is 0.292 e. The zero-order valence-corrected chi connectivity index (χ0v) is 16.7. The van der Waals surface area contributed by atoms with Crippen LogP contribution in [-0.4, -0.2) is 41.9 Å². The van der Waals surface area contributed by atoms with Crippen molar-refractivity contribution in [3.63, 3.8) is 0 Å².